The highest BCUT2D eigenvalue weighted by atomic mass is 19.1. The lowest BCUT2D eigenvalue weighted by Gasteiger charge is -2.37. The average Bonchev–Trinajstić information content (AvgIpc) is 3.92. The van der Waals surface area contributed by atoms with E-state index >= 15 is 0 Å². The van der Waals surface area contributed by atoms with Gasteiger partial charge in [-0.05, 0) is 93.6 Å². The zero-order valence-electron chi connectivity index (χ0n) is 30.1. The number of amides is 1. The number of carbonyl (C=O) groups is 1. The van der Waals surface area contributed by atoms with Crippen molar-refractivity contribution < 1.29 is 13.6 Å². The molecule has 1 amide bonds. The number of halogens is 2. The van der Waals surface area contributed by atoms with E-state index in [2.05, 4.69) is 55.3 Å². The van der Waals surface area contributed by atoms with Crippen molar-refractivity contribution in [2.75, 3.05) is 49.6 Å². The smallest absolute Gasteiger partial charge is 0.254 e. The van der Waals surface area contributed by atoms with Gasteiger partial charge in [0, 0.05) is 74.7 Å². The van der Waals surface area contributed by atoms with Crippen molar-refractivity contribution >= 4 is 23.2 Å². The van der Waals surface area contributed by atoms with E-state index in [0.717, 1.165) is 118 Å². The van der Waals surface area contributed by atoms with E-state index in [1.165, 1.54) is 11.6 Å². The Morgan fingerprint density at radius 1 is 0.887 bits per heavy atom. The molecule has 2 atom stereocenters. The number of nitrogens with one attached hydrogen (secondary N) is 1. The number of carbonyl (C=O) groups excluding carboxylic acids is 1. The van der Waals surface area contributed by atoms with Crippen molar-refractivity contribution in [3.05, 3.63) is 107 Å². The molecule has 274 valence electrons. The Balaban J connectivity index is 0.857. The first kappa shape index (κ1) is 33.9. The topological polar surface area (TPSA) is 85.1 Å². The molecule has 4 aliphatic rings. The highest BCUT2D eigenvalue weighted by Gasteiger charge is 2.34. The van der Waals surface area contributed by atoms with E-state index in [1.54, 1.807) is 16.8 Å². The van der Waals surface area contributed by atoms with E-state index in [9.17, 15) is 13.6 Å². The molecule has 1 N–H and O–H groups in total. The van der Waals surface area contributed by atoms with Gasteiger partial charge in [-0.3, -0.25) is 9.69 Å². The normalized spacial score (nSPS) is 21.0. The number of hydrogen-bond acceptors (Lipinski definition) is 8. The van der Waals surface area contributed by atoms with E-state index in [0.29, 0.717) is 23.8 Å². The Hall–Kier alpha value is -4.94. The minimum atomic E-state index is -0.573. The van der Waals surface area contributed by atoms with Crippen LogP contribution in [-0.2, 0) is 13.1 Å². The lowest BCUT2D eigenvalue weighted by molar-refractivity contribution is 0.0674. The molecule has 0 saturated carbocycles. The number of anilines is 2. The minimum Gasteiger partial charge on any atom is -0.356 e. The standard InChI is InChI=1S/C41H45F2N9O/c1-48(25-27-9-11-32-28(21-27)26-51(41(32)53)31-5-3-16-44-23-31)30-13-18-49(19-14-30)38-8-2-6-36(46-38)34-24-45-52-20-15-39(47-40(34)52)50-17-4-7-37(50)33-12-10-29(42)22-35(33)43/h2,6,8-12,15,20-22,24,30-31,37,44H,3-5,7,13-14,16-19,23,25-26H2,1H3/t31?,37-/m1/s1. The van der Waals surface area contributed by atoms with Gasteiger partial charge in [0.25, 0.3) is 5.91 Å². The van der Waals surface area contributed by atoms with Crippen LogP contribution in [0.4, 0.5) is 20.4 Å². The summed E-state index contributed by atoms with van der Waals surface area (Å²) in [5, 5.41) is 8.02. The number of rotatable bonds is 8. The van der Waals surface area contributed by atoms with Crippen LogP contribution in [0.5, 0.6) is 0 Å². The maximum absolute atomic E-state index is 14.8. The fourth-order valence-corrected chi connectivity index (χ4v) is 8.93. The van der Waals surface area contributed by atoms with Gasteiger partial charge in [-0.2, -0.15) is 5.10 Å². The molecule has 2 aromatic carbocycles. The van der Waals surface area contributed by atoms with Gasteiger partial charge in [0.1, 0.15) is 23.3 Å². The molecule has 3 saturated heterocycles. The van der Waals surface area contributed by atoms with Gasteiger partial charge in [-0.25, -0.2) is 23.3 Å². The van der Waals surface area contributed by atoms with Gasteiger partial charge >= 0.3 is 0 Å². The fraction of sp³-hybridized carbons (Fsp3) is 0.415. The molecule has 53 heavy (non-hydrogen) atoms. The molecule has 1 unspecified atom stereocenters. The number of benzene rings is 2. The first-order valence-electron chi connectivity index (χ1n) is 19.0. The number of pyridine rings is 1. The van der Waals surface area contributed by atoms with Gasteiger partial charge in [-0.1, -0.05) is 24.3 Å². The summed E-state index contributed by atoms with van der Waals surface area (Å²) in [4.78, 5) is 32.3. The molecule has 3 aromatic heterocycles. The third-order valence-corrected chi connectivity index (χ3v) is 11.8. The summed E-state index contributed by atoms with van der Waals surface area (Å²) in [6, 6.07) is 18.8. The zero-order chi connectivity index (χ0) is 36.1. The van der Waals surface area contributed by atoms with Crippen molar-refractivity contribution in [1.29, 1.82) is 0 Å². The molecule has 9 rings (SSSR count). The van der Waals surface area contributed by atoms with Crippen molar-refractivity contribution in [3.63, 3.8) is 0 Å². The van der Waals surface area contributed by atoms with Crippen LogP contribution < -0.4 is 15.1 Å². The summed E-state index contributed by atoms with van der Waals surface area (Å²) >= 11 is 0. The van der Waals surface area contributed by atoms with Crippen molar-refractivity contribution in [2.45, 2.75) is 69.7 Å². The van der Waals surface area contributed by atoms with Crippen LogP contribution in [0.3, 0.4) is 0 Å². The Morgan fingerprint density at radius 3 is 2.60 bits per heavy atom. The first-order valence-corrected chi connectivity index (χ1v) is 19.0. The van der Waals surface area contributed by atoms with Crippen LogP contribution in [0.15, 0.2) is 73.1 Å². The van der Waals surface area contributed by atoms with Crippen molar-refractivity contribution in [1.82, 2.24) is 34.7 Å². The zero-order valence-corrected chi connectivity index (χ0v) is 30.1. The monoisotopic (exact) mass is 717 g/mol. The van der Waals surface area contributed by atoms with Crippen molar-refractivity contribution in [2.24, 2.45) is 0 Å². The fourth-order valence-electron chi connectivity index (χ4n) is 8.93. The highest BCUT2D eigenvalue weighted by Crippen LogP contribution is 2.37. The maximum atomic E-state index is 14.8. The number of hydrogen-bond donors (Lipinski definition) is 1. The molecule has 4 aliphatic heterocycles. The SMILES string of the molecule is CN(Cc1ccc2c(c1)CN(C1CCCNC1)C2=O)C1CCN(c2cccc(-c3cnn4ccc(N5CCC[C@@H]5c5ccc(F)cc5F)nc34)n2)CC1. The number of aromatic nitrogens is 4. The molecule has 5 aromatic rings. The van der Waals surface area contributed by atoms with Crippen LogP contribution in [-0.4, -0.2) is 87.1 Å². The van der Waals surface area contributed by atoms with E-state index < -0.39 is 11.6 Å². The average molecular weight is 718 g/mol. The Morgan fingerprint density at radius 2 is 1.77 bits per heavy atom. The van der Waals surface area contributed by atoms with Crippen molar-refractivity contribution in [3.8, 4) is 11.3 Å². The van der Waals surface area contributed by atoms with Crippen LogP contribution in [0.1, 0.15) is 71.6 Å². The second-order valence-electron chi connectivity index (χ2n) is 15.1. The van der Waals surface area contributed by atoms with Crippen LogP contribution in [0.2, 0.25) is 0 Å². The second kappa shape index (κ2) is 14.1. The van der Waals surface area contributed by atoms with Gasteiger partial charge in [0.2, 0.25) is 0 Å². The molecular formula is C41H45F2N9O. The highest BCUT2D eigenvalue weighted by molar-refractivity contribution is 5.98. The summed E-state index contributed by atoms with van der Waals surface area (Å²) in [6.07, 6.45) is 9.60. The Labute approximate surface area is 308 Å². The molecule has 0 radical (unpaired) electrons. The van der Waals surface area contributed by atoms with Gasteiger partial charge in [-0.15, -0.1) is 0 Å². The van der Waals surface area contributed by atoms with E-state index in [4.69, 9.17) is 9.97 Å². The van der Waals surface area contributed by atoms with Gasteiger partial charge < -0.3 is 20.0 Å². The molecular weight excluding hydrogens is 673 g/mol. The Bertz CT molecular complexity index is 2140. The molecule has 0 spiro atoms. The summed E-state index contributed by atoms with van der Waals surface area (Å²) in [6.45, 7) is 6.04. The van der Waals surface area contributed by atoms with Crippen LogP contribution in [0, 0.1) is 11.6 Å². The quantitative estimate of drug-likeness (QED) is 0.203. The number of fused-ring (bicyclic) bond motifs is 2. The predicted octanol–water partition coefficient (Wildman–Crippen LogP) is 6.22. The lowest BCUT2D eigenvalue weighted by Crippen LogP contribution is -2.46. The Kier molecular flexibility index (Phi) is 9.03. The molecule has 12 heteroatoms. The lowest BCUT2D eigenvalue weighted by atomic mass is 10.0. The third kappa shape index (κ3) is 6.52. The summed E-state index contributed by atoms with van der Waals surface area (Å²) in [7, 11) is 2.21. The molecule has 7 heterocycles. The first-order chi connectivity index (χ1) is 25.9. The van der Waals surface area contributed by atoms with Crippen LogP contribution >= 0.6 is 0 Å². The minimum absolute atomic E-state index is 0.179. The predicted molar refractivity (Wildman–Crippen MR) is 201 cm³/mol. The largest absolute Gasteiger partial charge is 0.356 e. The van der Waals surface area contributed by atoms with Gasteiger partial charge in [0.05, 0.1) is 23.5 Å². The molecule has 0 bridgehead atoms. The van der Waals surface area contributed by atoms with E-state index in [1.807, 2.05) is 30.5 Å². The van der Waals surface area contributed by atoms with Gasteiger partial charge in [0.15, 0.2) is 5.65 Å². The summed E-state index contributed by atoms with van der Waals surface area (Å²) < 4.78 is 30.2. The van der Waals surface area contributed by atoms with Crippen LogP contribution in [0.25, 0.3) is 16.9 Å². The molecule has 3 fully saturated rings. The molecule has 10 nitrogen and oxygen atoms in total. The molecule has 0 aliphatic carbocycles. The third-order valence-electron chi connectivity index (χ3n) is 11.8. The summed E-state index contributed by atoms with van der Waals surface area (Å²) in [5.41, 5.74) is 6.09. The number of nitrogens with zero attached hydrogens (tertiary/aromatic N) is 8. The number of piperidine rings is 2. The summed E-state index contributed by atoms with van der Waals surface area (Å²) in [5.74, 6) is 0.752. The second-order valence-corrected chi connectivity index (χ2v) is 15.1. The maximum Gasteiger partial charge on any atom is 0.254 e. The van der Waals surface area contributed by atoms with E-state index in [-0.39, 0.29) is 18.0 Å².